The lowest BCUT2D eigenvalue weighted by atomic mass is 10.0. The number of hydrogen-bond acceptors (Lipinski definition) is 6. The molecule has 1 aliphatic heterocycles. The first-order valence-corrected chi connectivity index (χ1v) is 8.71. The molecule has 2 aromatic rings. The first kappa shape index (κ1) is 17.6. The van der Waals surface area contributed by atoms with E-state index in [0.717, 1.165) is 30.6 Å². The molecule has 1 atom stereocenters. The van der Waals surface area contributed by atoms with E-state index in [4.69, 9.17) is 10.3 Å². The zero-order chi connectivity index (χ0) is 17.8. The zero-order valence-corrected chi connectivity index (χ0v) is 14.8. The second kappa shape index (κ2) is 7.76. The highest BCUT2D eigenvalue weighted by atomic mass is 16.5. The van der Waals surface area contributed by atoms with Crippen LogP contribution in [-0.4, -0.2) is 52.0 Å². The average molecular weight is 343 g/mol. The van der Waals surface area contributed by atoms with Crippen LogP contribution in [-0.2, 0) is 17.8 Å². The Morgan fingerprint density at radius 1 is 1.24 bits per heavy atom. The highest BCUT2D eigenvalue weighted by Gasteiger charge is 2.26. The van der Waals surface area contributed by atoms with Crippen molar-refractivity contribution in [3.05, 3.63) is 47.1 Å². The average Bonchev–Trinajstić information content (AvgIpc) is 3.09. The van der Waals surface area contributed by atoms with E-state index in [0.29, 0.717) is 31.3 Å². The van der Waals surface area contributed by atoms with Crippen molar-refractivity contribution in [3.63, 3.8) is 0 Å². The molecule has 7 nitrogen and oxygen atoms in total. The van der Waals surface area contributed by atoms with E-state index in [-0.39, 0.29) is 5.91 Å². The van der Waals surface area contributed by atoms with E-state index < -0.39 is 6.04 Å². The minimum Gasteiger partial charge on any atom is -0.339 e. The normalized spacial score (nSPS) is 16.8. The van der Waals surface area contributed by atoms with E-state index in [1.54, 1.807) is 0 Å². The number of rotatable bonds is 5. The van der Waals surface area contributed by atoms with Crippen molar-refractivity contribution >= 4 is 5.91 Å². The van der Waals surface area contributed by atoms with Crippen LogP contribution in [0.5, 0.6) is 0 Å². The molecule has 0 spiro atoms. The number of nitrogens with zero attached hydrogens (tertiary/aromatic N) is 4. The van der Waals surface area contributed by atoms with E-state index in [1.165, 1.54) is 0 Å². The van der Waals surface area contributed by atoms with Gasteiger partial charge < -0.3 is 15.2 Å². The third-order valence-electron chi connectivity index (χ3n) is 4.56. The number of benzene rings is 1. The summed E-state index contributed by atoms with van der Waals surface area (Å²) in [6, 6.07) is 7.22. The molecule has 1 saturated heterocycles. The van der Waals surface area contributed by atoms with Crippen molar-refractivity contribution < 1.29 is 9.32 Å². The molecule has 0 bridgehead atoms. The predicted octanol–water partition coefficient (Wildman–Crippen LogP) is 1.28. The number of aryl methyl sites for hydroxylation is 2. The molecular formula is C18H25N5O2. The van der Waals surface area contributed by atoms with E-state index in [9.17, 15) is 4.79 Å². The molecule has 1 aliphatic rings. The van der Waals surface area contributed by atoms with Gasteiger partial charge >= 0.3 is 0 Å². The molecule has 0 radical (unpaired) electrons. The predicted molar refractivity (Wildman–Crippen MR) is 93.6 cm³/mol. The SMILES string of the molecule is CCc1nc(CN2CCN(C(=O)C(N)c3ccc(C)cc3)CC2)no1. The Labute approximate surface area is 147 Å². The molecule has 134 valence electrons. The fourth-order valence-electron chi connectivity index (χ4n) is 2.94. The fraction of sp³-hybridized carbons (Fsp3) is 0.500. The number of amides is 1. The van der Waals surface area contributed by atoms with Crippen molar-refractivity contribution in [3.8, 4) is 0 Å². The summed E-state index contributed by atoms with van der Waals surface area (Å²) >= 11 is 0. The van der Waals surface area contributed by atoms with Crippen LogP contribution in [0.2, 0.25) is 0 Å². The quantitative estimate of drug-likeness (QED) is 0.880. The summed E-state index contributed by atoms with van der Waals surface area (Å²) in [5.41, 5.74) is 8.17. The third kappa shape index (κ3) is 4.24. The second-order valence-corrected chi connectivity index (χ2v) is 6.45. The monoisotopic (exact) mass is 343 g/mol. The van der Waals surface area contributed by atoms with Crippen molar-refractivity contribution in [1.82, 2.24) is 19.9 Å². The fourth-order valence-corrected chi connectivity index (χ4v) is 2.94. The van der Waals surface area contributed by atoms with Gasteiger partial charge in [0, 0.05) is 32.6 Å². The number of carbonyl (C=O) groups excluding carboxylic acids is 1. The topological polar surface area (TPSA) is 88.5 Å². The lowest BCUT2D eigenvalue weighted by Gasteiger charge is -2.35. The minimum absolute atomic E-state index is 0.0173. The Morgan fingerprint density at radius 3 is 2.52 bits per heavy atom. The second-order valence-electron chi connectivity index (χ2n) is 6.45. The Morgan fingerprint density at radius 2 is 1.92 bits per heavy atom. The number of nitrogens with two attached hydrogens (primary N) is 1. The lowest BCUT2D eigenvalue weighted by Crippen LogP contribution is -2.50. The Hall–Kier alpha value is -2.25. The largest absolute Gasteiger partial charge is 0.339 e. The van der Waals surface area contributed by atoms with Crippen molar-refractivity contribution in [1.29, 1.82) is 0 Å². The Kier molecular flexibility index (Phi) is 5.45. The molecule has 25 heavy (non-hydrogen) atoms. The summed E-state index contributed by atoms with van der Waals surface area (Å²) in [6.45, 7) is 7.54. The van der Waals surface area contributed by atoms with E-state index >= 15 is 0 Å². The molecular weight excluding hydrogens is 318 g/mol. The Balaban J connectivity index is 1.52. The maximum absolute atomic E-state index is 12.6. The molecule has 2 N–H and O–H groups in total. The van der Waals surface area contributed by atoms with Crippen LogP contribution in [0, 0.1) is 6.92 Å². The van der Waals surface area contributed by atoms with Crippen LogP contribution >= 0.6 is 0 Å². The molecule has 1 unspecified atom stereocenters. The molecule has 1 aromatic carbocycles. The number of carbonyl (C=O) groups is 1. The number of hydrogen-bond donors (Lipinski definition) is 1. The summed E-state index contributed by atoms with van der Waals surface area (Å²) in [6.07, 6.45) is 0.742. The molecule has 2 heterocycles. The number of piperazine rings is 1. The molecule has 1 fully saturated rings. The van der Waals surface area contributed by atoms with Gasteiger partial charge in [0.05, 0.1) is 6.54 Å². The first-order chi connectivity index (χ1) is 12.1. The van der Waals surface area contributed by atoms with Gasteiger partial charge in [0.15, 0.2) is 5.82 Å². The summed E-state index contributed by atoms with van der Waals surface area (Å²) in [7, 11) is 0. The molecule has 1 aromatic heterocycles. The summed E-state index contributed by atoms with van der Waals surface area (Å²) in [5, 5.41) is 3.98. The van der Waals surface area contributed by atoms with Crippen LogP contribution in [0.25, 0.3) is 0 Å². The van der Waals surface area contributed by atoms with Gasteiger partial charge in [-0.05, 0) is 12.5 Å². The molecule has 0 saturated carbocycles. The van der Waals surface area contributed by atoms with Gasteiger partial charge in [-0.15, -0.1) is 0 Å². The van der Waals surface area contributed by atoms with Gasteiger partial charge in [0.25, 0.3) is 0 Å². The third-order valence-corrected chi connectivity index (χ3v) is 4.56. The van der Waals surface area contributed by atoms with Gasteiger partial charge in [-0.2, -0.15) is 4.98 Å². The summed E-state index contributed by atoms with van der Waals surface area (Å²) in [4.78, 5) is 21.0. The van der Waals surface area contributed by atoms with Crippen LogP contribution in [0.4, 0.5) is 0 Å². The van der Waals surface area contributed by atoms with Crippen LogP contribution in [0.1, 0.15) is 35.8 Å². The minimum atomic E-state index is -0.600. The zero-order valence-electron chi connectivity index (χ0n) is 14.8. The van der Waals surface area contributed by atoms with E-state index in [2.05, 4.69) is 15.0 Å². The van der Waals surface area contributed by atoms with Gasteiger partial charge in [-0.3, -0.25) is 9.69 Å². The van der Waals surface area contributed by atoms with Crippen molar-refractivity contribution in [2.24, 2.45) is 5.73 Å². The van der Waals surface area contributed by atoms with Gasteiger partial charge in [-0.25, -0.2) is 0 Å². The summed E-state index contributed by atoms with van der Waals surface area (Å²) in [5.74, 6) is 1.34. The van der Waals surface area contributed by atoms with Crippen LogP contribution < -0.4 is 5.73 Å². The molecule has 7 heteroatoms. The van der Waals surface area contributed by atoms with Crippen molar-refractivity contribution in [2.75, 3.05) is 26.2 Å². The van der Waals surface area contributed by atoms with Crippen LogP contribution in [0.15, 0.2) is 28.8 Å². The Bertz CT molecular complexity index is 705. The summed E-state index contributed by atoms with van der Waals surface area (Å²) < 4.78 is 5.13. The molecule has 0 aliphatic carbocycles. The highest BCUT2D eigenvalue weighted by molar-refractivity contribution is 5.83. The van der Waals surface area contributed by atoms with E-state index in [1.807, 2.05) is 43.0 Å². The first-order valence-electron chi connectivity index (χ1n) is 8.71. The maximum Gasteiger partial charge on any atom is 0.244 e. The molecule has 3 rings (SSSR count). The highest BCUT2D eigenvalue weighted by Crippen LogP contribution is 2.16. The maximum atomic E-state index is 12.6. The standard InChI is InChI=1S/C18H25N5O2/c1-3-16-20-15(21-25-16)12-22-8-10-23(11-9-22)18(24)17(19)14-6-4-13(2)5-7-14/h4-7,17H,3,8-12,19H2,1-2H3. The van der Waals surface area contributed by atoms with Gasteiger partial charge in [-0.1, -0.05) is 41.9 Å². The molecule has 1 amide bonds. The smallest absolute Gasteiger partial charge is 0.244 e. The lowest BCUT2D eigenvalue weighted by molar-refractivity contribution is -0.134. The van der Waals surface area contributed by atoms with Gasteiger partial charge in [0.2, 0.25) is 11.8 Å². The van der Waals surface area contributed by atoms with Crippen LogP contribution in [0.3, 0.4) is 0 Å². The number of aromatic nitrogens is 2. The van der Waals surface area contributed by atoms with Crippen molar-refractivity contribution in [2.45, 2.75) is 32.9 Å². The van der Waals surface area contributed by atoms with Gasteiger partial charge in [0.1, 0.15) is 6.04 Å².